The second-order valence-electron chi connectivity index (χ2n) is 2.04. The topological polar surface area (TPSA) is 29.5 Å². The minimum Gasteiger partial charge on any atom is -0.274 e. The molecule has 3 heteroatoms. The van der Waals surface area contributed by atoms with E-state index in [0.717, 1.165) is 17.9 Å². The average molecular weight is 155 g/mol. The van der Waals surface area contributed by atoms with Crippen molar-refractivity contribution in [1.82, 2.24) is 5.06 Å². The van der Waals surface area contributed by atoms with Crippen LogP contribution in [0.2, 0.25) is 0 Å². The lowest BCUT2D eigenvalue weighted by molar-refractivity contribution is -0.161. The van der Waals surface area contributed by atoms with Crippen molar-refractivity contribution in [1.29, 1.82) is 0 Å². The zero-order chi connectivity index (χ0) is 8.69. The third kappa shape index (κ3) is 4.40. The number of hydrogen-bond donors (Lipinski definition) is 0. The van der Waals surface area contributed by atoms with Crippen LogP contribution in [0.15, 0.2) is 0 Å². The Morgan fingerprint density at radius 2 is 2.27 bits per heavy atom. The molecular formula is C8H13NO2. The maximum Gasteiger partial charge on any atom is 0.321 e. The lowest BCUT2D eigenvalue weighted by Crippen LogP contribution is -2.23. The third-order valence-electron chi connectivity index (χ3n) is 1.13. The highest BCUT2D eigenvalue weighted by Crippen LogP contribution is 1.84. The zero-order valence-corrected chi connectivity index (χ0v) is 7.18. The molecule has 0 radical (unpaired) electrons. The Morgan fingerprint density at radius 3 is 2.73 bits per heavy atom. The fraction of sp³-hybridized carbons (Fsp3) is 0.625. The summed E-state index contributed by atoms with van der Waals surface area (Å²) in [6.07, 6.45) is 1.72. The van der Waals surface area contributed by atoms with E-state index in [2.05, 4.69) is 16.7 Å². The van der Waals surface area contributed by atoms with E-state index in [4.69, 9.17) is 0 Å². The Morgan fingerprint density at radius 1 is 1.64 bits per heavy atom. The summed E-state index contributed by atoms with van der Waals surface area (Å²) in [6, 6.07) is 0. The van der Waals surface area contributed by atoms with E-state index in [0.29, 0.717) is 0 Å². The highest BCUT2D eigenvalue weighted by molar-refractivity contribution is 5.92. The van der Waals surface area contributed by atoms with Gasteiger partial charge in [-0.05, 0) is 12.3 Å². The van der Waals surface area contributed by atoms with Crippen LogP contribution in [-0.2, 0) is 9.63 Å². The van der Waals surface area contributed by atoms with Gasteiger partial charge in [0.05, 0.1) is 7.11 Å². The lowest BCUT2D eigenvalue weighted by atomic mass is 10.3. The van der Waals surface area contributed by atoms with Crippen LogP contribution in [0.1, 0.15) is 19.8 Å². The van der Waals surface area contributed by atoms with Crippen LogP contribution in [0.5, 0.6) is 0 Å². The van der Waals surface area contributed by atoms with Crippen molar-refractivity contribution < 1.29 is 9.63 Å². The van der Waals surface area contributed by atoms with Gasteiger partial charge in [0.15, 0.2) is 0 Å². The second kappa shape index (κ2) is 5.75. The Labute approximate surface area is 67.3 Å². The number of hydrogen-bond acceptors (Lipinski definition) is 2. The van der Waals surface area contributed by atoms with Crippen LogP contribution in [0.4, 0.5) is 0 Å². The summed E-state index contributed by atoms with van der Waals surface area (Å²) in [7, 11) is 2.96. The largest absolute Gasteiger partial charge is 0.321 e. The highest BCUT2D eigenvalue weighted by Gasteiger charge is 2.00. The molecule has 0 aromatic rings. The molecule has 0 saturated carbocycles. The van der Waals surface area contributed by atoms with Crippen LogP contribution >= 0.6 is 0 Å². The molecule has 0 N–H and O–H groups in total. The van der Waals surface area contributed by atoms with Crippen molar-refractivity contribution in [2.75, 3.05) is 14.2 Å². The molecular weight excluding hydrogens is 142 g/mol. The summed E-state index contributed by atoms with van der Waals surface area (Å²) in [5.74, 6) is 4.87. The monoisotopic (exact) mass is 155 g/mol. The molecule has 0 heterocycles. The molecule has 0 saturated heterocycles. The van der Waals surface area contributed by atoms with E-state index in [1.807, 2.05) is 6.92 Å². The number of amides is 1. The van der Waals surface area contributed by atoms with E-state index >= 15 is 0 Å². The molecule has 0 aromatic carbocycles. The van der Waals surface area contributed by atoms with E-state index in [1.54, 1.807) is 0 Å². The molecule has 0 unspecified atom stereocenters. The summed E-state index contributed by atoms with van der Waals surface area (Å²) < 4.78 is 0. The Kier molecular flexibility index (Phi) is 5.22. The molecule has 0 atom stereocenters. The summed E-state index contributed by atoms with van der Waals surface area (Å²) in [6.45, 7) is 2.01. The van der Waals surface area contributed by atoms with Gasteiger partial charge in [0.25, 0.3) is 0 Å². The summed E-state index contributed by atoms with van der Waals surface area (Å²) in [4.78, 5) is 15.5. The van der Waals surface area contributed by atoms with E-state index in [9.17, 15) is 4.79 Å². The number of nitrogens with zero attached hydrogens (tertiary/aromatic N) is 1. The molecule has 1 amide bonds. The van der Waals surface area contributed by atoms with E-state index in [-0.39, 0.29) is 5.91 Å². The van der Waals surface area contributed by atoms with Gasteiger partial charge in [-0.15, -0.1) is 0 Å². The van der Waals surface area contributed by atoms with Crippen molar-refractivity contribution in [3.63, 3.8) is 0 Å². The first-order valence-electron chi connectivity index (χ1n) is 3.53. The second-order valence-corrected chi connectivity index (χ2v) is 2.04. The van der Waals surface area contributed by atoms with Gasteiger partial charge in [0, 0.05) is 13.5 Å². The van der Waals surface area contributed by atoms with Crippen molar-refractivity contribution in [2.24, 2.45) is 0 Å². The van der Waals surface area contributed by atoms with Crippen LogP contribution in [0.3, 0.4) is 0 Å². The van der Waals surface area contributed by atoms with Crippen molar-refractivity contribution in [3.8, 4) is 11.8 Å². The minimum absolute atomic E-state index is 0.305. The number of hydroxylamine groups is 2. The summed E-state index contributed by atoms with van der Waals surface area (Å²) >= 11 is 0. The minimum atomic E-state index is -0.305. The van der Waals surface area contributed by atoms with Gasteiger partial charge in [0.1, 0.15) is 0 Å². The zero-order valence-electron chi connectivity index (χ0n) is 7.18. The Hall–Kier alpha value is -1.01. The number of carbonyl (C=O) groups excluding carboxylic acids is 1. The molecule has 0 fully saturated rings. The van der Waals surface area contributed by atoms with E-state index in [1.165, 1.54) is 14.2 Å². The van der Waals surface area contributed by atoms with Gasteiger partial charge in [-0.3, -0.25) is 9.63 Å². The van der Waals surface area contributed by atoms with Gasteiger partial charge >= 0.3 is 5.91 Å². The predicted molar refractivity (Wildman–Crippen MR) is 42.5 cm³/mol. The maximum absolute atomic E-state index is 10.9. The predicted octanol–water partition coefficient (Wildman–Crippen LogP) is 0.810. The number of unbranched alkanes of at least 4 members (excludes halogenated alkanes) is 1. The molecule has 0 aliphatic rings. The van der Waals surface area contributed by atoms with Crippen molar-refractivity contribution >= 4 is 5.91 Å². The SMILES string of the molecule is CCCC#CC(=O)N(C)OC. The first-order valence-corrected chi connectivity index (χ1v) is 3.53. The number of rotatable bonds is 2. The smallest absolute Gasteiger partial charge is 0.274 e. The third-order valence-corrected chi connectivity index (χ3v) is 1.13. The van der Waals surface area contributed by atoms with Crippen LogP contribution in [-0.4, -0.2) is 25.1 Å². The Bertz CT molecular complexity index is 178. The molecule has 0 bridgehead atoms. The maximum atomic E-state index is 10.9. The normalized spacial score (nSPS) is 8.27. The standard InChI is InChI=1S/C8H13NO2/c1-4-5-6-7-8(10)9(2)11-3/h4-5H2,1-3H3. The van der Waals surface area contributed by atoms with Gasteiger partial charge in [-0.2, -0.15) is 0 Å². The molecule has 0 aromatic heterocycles. The fourth-order valence-electron chi connectivity index (χ4n) is 0.425. The first kappa shape index (κ1) is 9.99. The van der Waals surface area contributed by atoms with Crippen LogP contribution in [0.25, 0.3) is 0 Å². The molecule has 62 valence electrons. The molecule has 0 rings (SSSR count). The fourth-order valence-corrected chi connectivity index (χ4v) is 0.425. The average Bonchev–Trinajstić information content (AvgIpc) is 2.03. The van der Waals surface area contributed by atoms with Gasteiger partial charge in [-0.25, -0.2) is 5.06 Å². The van der Waals surface area contributed by atoms with Crippen molar-refractivity contribution in [2.45, 2.75) is 19.8 Å². The molecule has 0 aliphatic heterocycles. The molecule has 11 heavy (non-hydrogen) atoms. The van der Waals surface area contributed by atoms with Crippen molar-refractivity contribution in [3.05, 3.63) is 0 Å². The van der Waals surface area contributed by atoms with Crippen LogP contribution < -0.4 is 0 Å². The van der Waals surface area contributed by atoms with Gasteiger partial charge in [-0.1, -0.05) is 12.8 Å². The number of carbonyl (C=O) groups is 1. The quantitative estimate of drug-likeness (QED) is 0.436. The van der Waals surface area contributed by atoms with Gasteiger partial charge in [0.2, 0.25) is 0 Å². The lowest BCUT2D eigenvalue weighted by Gasteiger charge is -2.07. The van der Waals surface area contributed by atoms with Crippen LogP contribution in [0, 0.1) is 11.8 Å². The summed E-state index contributed by atoms with van der Waals surface area (Å²) in [5.41, 5.74) is 0. The first-order chi connectivity index (χ1) is 5.22. The molecule has 3 nitrogen and oxygen atoms in total. The highest BCUT2D eigenvalue weighted by atomic mass is 16.7. The summed E-state index contributed by atoms with van der Waals surface area (Å²) in [5, 5.41) is 1.10. The van der Waals surface area contributed by atoms with E-state index < -0.39 is 0 Å². The Balaban J connectivity index is 3.79. The van der Waals surface area contributed by atoms with Gasteiger partial charge < -0.3 is 0 Å². The molecule has 0 spiro atoms. The molecule has 0 aliphatic carbocycles.